The van der Waals surface area contributed by atoms with Crippen LogP contribution in [0.25, 0.3) is 6.08 Å². The zero-order chi connectivity index (χ0) is 24.0. The van der Waals surface area contributed by atoms with Crippen LogP contribution < -0.4 is 15.4 Å². The minimum atomic E-state index is -0.540. The average molecular weight is 445 g/mol. The van der Waals surface area contributed by atoms with Gasteiger partial charge in [0.1, 0.15) is 11.4 Å². The number of nitro groups is 1. The molecule has 0 heterocycles. The number of hydrogen-bond donors (Lipinski definition) is 2. The highest BCUT2D eigenvalue weighted by atomic mass is 16.6. The van der Waals surface area contributed by atoms with E-state index in [4.69, 9.17) is 4.74 Å². The first kappa shape index (κ1) is 23.2. The predicted octanol–water partition coefficient (Wildman–Crippen LogP) is 4.63. The molecule has 0 unspecified atom stereocenters. The molecule has 0 radical (unpaired) electrons. The van der Waals surface area contributed by atoms with Crippen molar-refractivity contribution in [3.8, 4) is 5.75 Å². The lowest BCUT2D eigenvalue weighted by Gasteiger charge is -2.13. The van der Waals surface area contributed by atoms with E-state index < -0.39 is 16.7 Å². The molecule has 2 N–H and O–H groups in total. The maximum Gasteiger partial charge on any atom is 0.272 e. The topological polar surface area (TPSA) is 111 Å². The Labute approximate surface area is 191 Å². The Morgan fingerprint density at radius 2 is 1.61 bits per heavy atom. The van der Waals surface area contributed by atoms with Gasteiger partial charge in [-0.3, -0.25) is 19.7 Å². The molecule has 0 saturated carbocycles. The van der Waals surface area contributed by atoms with Gasteiger partial charge in [-0.25, -0.2) is 0 Å². The largest absolute Gasteiger partial charge is 0.496 e. The highest BCUT2D eigenvalue weighted by Gasteiger charge is 2.18. The monoisotopic (exact) mass is 445 g/mol. The Hall–Kier alpha value is -4.46. The summed E-state index contributed by atoms with van der Waals surface area (Å²) in [5.74, 6) is -0.711. The second-order valence-corrected chi connectivity index (χ2v) is 7.39. The number of rotatable bonds is 7. The molecule has 0 spiro atoms. The molecule has 0 fully saturated rings. The van der Waals surface area contributed by atoms with Gasteiger partial charge in [-0.05, 0) is 73.0 Å². The molecular formula is C25H23N3O5. The number of methoxy groups -OCH3 is 1. The van der Waals surface area contributed by atoms with E-state index in [1.165, 1.54) is 37.5 Å². The van der Waals surface area contributed by atoms with Gasteiger partial charge in [-0.15, -0.1) is 0 Å². The van der Waals surface area contributed by atoms with E-state index >= 15 is 0 Å². The number of benzene rings is 3. The molecule has 0 aliphatic rings. The normalized spacial score (nSPS) is 10.9. The van der Waals surface area contributed by atoms with Gasteiger partial charge in [0.05, 0.1) is 17.6 Å². The van der Waals surface area contributed by atoms with Crippen LogP contribution in [-0.4, -0.2) is 23.8 Å². The number of amides is 2. The van der Waals surface area contributed by atoms with E-state index in [1.54, 1.807) is 24.3 Å². The van der Waals surface area contributed by atoms with E-state index in [1.807, 2.05) is 32.0 Å². The molecule has 0 aromatic heterocycles. The molecule has 3 aromatic carbocycles. The van der Waals surface area contributed by atoms with E-state index in [0.717, 1.165) is 11.1 Å². The highest BCUT2D eigenvalue weighted by molar-refractivity contribution is 6.11. The zero-order valence-corrected chi connectivity index (χ0v) is 18.4. The number of nitrogens with one attached hydrogen (secondary N) is 2. The molecular weight excluding hydrogens is 422 g/mol. The van der Waals surface area contributed by atoms with Crippen LogP contribution >= 0.6 is 0 Å². The summed E-state index contributed by atoms with van der Waals surface area (Å²) in [5.41, 5.74) is 3.19. The molecule has 3 aromatic rings. The summed E-state index contributed by atoms with van der Waals surface area (Å²) in [6.45, 7) is 3.83. The maximum absolute atomic E-state index is 13.1. The number of carbonyl (C=O) groups is 2. The number of nitrogens with zero attached hydrogens (tertiary/aromatic N) is 1. The molecule has 168 valence electrons. The number of nitro benzene ring substituents is 1. The van der Waals surface area contributed by atoms with Crippen LogP contribution in [0.3, 0.4) is 0 Å². The molecule has 0 aliphatic carbocycles. The summed E-state index contributed by atoms with van der Waals surface area (Å²) < 4.78 is 5.24. The first-order valence-corrected chi connectivity index (χ1v) is 10.1. The van der Waals surface area contributed by atoms with E-state index in [0.29, 0.717) is 17.0 Å². The standard InChI is InChI=1S/C25H23N3O5/c1-16-12-17(2)14-19(13-16)26-25(30)22(15-18-8-10-20(11-9-18)28(31)32)27-24(29)21-6-4-5-7-23(21)33-3/h4-15H,1-3H3,(H,26,30)(H,27,29). The van der Waals surface area contributed by atoms with Gasteiger partial charge in [0.2, 0.25) is 0 Å². The van der Waals surface area contributed by atoms with Crippen LogP contribution in [-0.2, 0) is 4.79 Å². The van der Waals surface area contributed by atoms with Crippen molar-refractivity contribution in [2.45, 2.75) is 13.8 Å². The third-order valence-corrected chi connectivity index (χ3v) is 4.74. The van der Waals surface area contributed by atoms with Crippen molar-refractivity contribution >= 4 is 29.3 Å². The first-order chi connectivity index (χ1) is 15.8. The van der Waals surface area contributed by atoms with Gasteiger partial charge in [0.15, 0.2) is 0 Å². The summed E-state index contributed by atoms with van der Waals surface area (Å²) in [4.78, 5) is 36.4. The van der Waals surface area contributed by atoms with Crippen LogP contribution in [0.4, 0.5) is 11.4 Å². The van der Waals surface area contributed by atoms with Gasteiger partial charge < -0.3 is 15.4 Å². The van der Waals surface area contributed by atoms with Gasteiger partial charge in [0.25, 0.3) is 17.5 Å². The summed E-state index contributed by atoms with van der Waals surface area (Å²) in [7, 11) is 1.45. The number of hydrogen-bond acceptors (Lipinski definition) is 5. The second kappa shape index (κ2) is 10.2. The molecule has 0 saturated heterocycles. The molecule has 3 rings (SSSR count). The number of non-ortho nitro benzene ring substituents is 1. The fourth-order valence-corrected chi connectivity index (χ4v) is 3.28. The average Bonchev–Trinajstić information content (AvgIpc) is 2.78. The smallest absolute Gasteiger partial charge is 0.272 e. The lowest BCUT2D eigenvalue weighted by molar-refractivity contribution is -0.384. The van der Waals surface area contributed by atoms with Crippen molar-refractivity contribution in [3.05, 3.63) is 105 Å². The molecule has 8 nitrogen and oxygen atoms in total. The van der Waals surface area contributed by atoms with E-state index in [-0.39, 0.29) is 16.9 Å². The van der Waals surface area contributed by atoms with Crippen molar-refractivity contribution in [2.24, 2.45) is 0 Å². The van der Waals surface area contributed by atoms with Crippen LogP contribution in [0.2, 0.25) is 0 Å². The molecule has 0 atom stereocenters. The van der Waals surface area contributed by atoms with E-state index in [2.05, 4.69) is 10.6 Å². The Bertz CT molecular complexity index is 1210. The van der Waals surface area contributed by atoms with Crippen molar-refractivity contribution in [1.82, 2.24) is 5.32 Å². The third-order valence-electron chi connectivity index (χ3n) is 4.74. The molecule has 33 heavy (non-hydrogen) atoms. The lowest BCUT2D eigenvalue weighted by atomic mass is 10.1. The van der Waals surface area contributed by atoms with Crippen LogP contribution in [0, 0.1) is 24.0 Å². The lowest BCUT2D eigenvalue weighted by Crippen LogP contribution is -2.31. The van der Waals surface area contributed by atoms with Crippen molar-refractivity contribution < 1.29 is 19.2 Å². The summed E-state index contributed by atoms with van der Waals surface area (Å²) in [5, 5.41) is 16.4. The highest BCUT2D eigenvalue weighted by Crippen LogP contribution is 2.20. The minimum Gasteiger partial charge on any atom is -0.496 e. The number of carbonyl (C=O) groups excluding carboxylic acids is 2. The Morgan fingerprint density at radius 3 is 2.21 bits per heavy atom. The van der Waals surface area contributed by atoms with Crippen LogP contribution in [0.15, 0.2) is 72.4 Å². The van der Waals surface area contributed by atoms with Crippen molar-refractivity contribution in [1.29, 1.82) is 0 Å². The quantitative estimate of drug-likeness (QED) is 0.313. The number of ether oxygens (including phenoxy) is 1. The maximum atomic E-state index is 13.1. The SMILES string of the molecule is COc1ccccc1C(=O)NC(=Cc1ccc([N+](=O)[O-])cc1)C(=O)Nc1cc(C)cc(C)c1. The van der Waals surface area contributed by atoms with Crippen molar-refractivity contribution in [2.75, 3.05) is 12.4 Å². The zero-order valence-electron chi connectivity index (χ0n) is 18.4. The number of para-hydroxylation sites is 1. The van der Waals surface area contributed by atoms with Gasteiger partial charge in [-0.1, -0.05) is 18.2 Å². The molecule has 0 aliphatic heterocycles. The predicted molar refractivity (Wildman–Crippen MR) is 126 cm³/mol. The third kappa shape index (κ3) is 6.04. The summed E-state index contributed by atoms with van der Waals surface area (Å²) in [6.07, 6.45) is 1.45. The van der Waals surface area contributed by atoms with E-state index in [9.17, 15) is 19.7 Å². The van der Waals surface area contributed by atoms with Gasteiger partial charge >= 0.3 is 0 Å². The molecule has 0 bridgehead atoms. The molecule has 8 heteroatoms. The fraction of sp³-hybridized carbons (Fsp3) is 0.120. The second-order valence-electron chi connectivity index (χ2n) is 7.39. The van der Waals surface area contributed by atoms with Crippen molar-refractivity contribution in [3.63, 3.8) is 0 Å². The van der Waals surface area contributed by atoms with Gasteiger partial charge in [0, 0.05) is 17.8 Å². The molecule has 2 amide bonds. The fourth-order valence-electron chi connectivity index (χ4n) is 3.28. The first-order valence-electron chi connectivity index (χ1n) is 10.1. The van der Waals surface area contributed by atoms with Crippen LogP contribution in [0.1, 0.15) is 27.0 Å². The minimum absolute atomic E-state index is 0.0288. The van der Waals surface area contributed by atoms with Crippen LogP contribution in [0.5, 0.6) is 5.75 Å². The number of anilines is 1. The Morgan fingerprint density at radius 1 is 0.970 bits per heavy atom. The summed E-state index contributed by atoms with van der Waals surface area (Å²) in [6, 6.07) is 17.9. The number of aryl methyl sites for hydroxylation is 2. The van der Waals surface area contributed by atoms with Gasteiger partial charge in [-0.2, -0.15) is 0 Å². The summed E-state index contributed by atoms with van der Waals surface area (Å²) >= 11 is 0. The Balaban J connectivity index is 1.95. The Kier molecular flexibility index (Phi) is 7.20.